The van der Waals surface area contributed by atoms with Crippen LogP contribution in [-0.2, 0) is 11.3 Å². The highest BCUT2D eigenvalue weighted by Crippen LogP contribution is 2.24. The van der Waals surface area contributed by atoms with Gasteiger partial charge in [-0.05, 0) is 25.0 Å². The van der Waals surface area contributed by atoms with Gasteiger partial charge in [-0.2, -0.15) is 10.5 Å². The minimum Gasteiger partial charge on any atom is -0.352 e. The lowest BCUT2D eigenvalue weighted by Crippen LogP contribution is -2.35. The number of amides is 1. The Morgan fingerprint density at radius 2 is 1.96 bits per heavy atom. The third kappa shape index (κ3) is 3.31. The summed E-state index contributed by atoms with van der Waals surface area (Å²) in [6.45, 7) is 0.235. The van der Waals surface area contributed by atoms with Crippen molar-refractivity contribution in [3.8, 4) is 12.1 Å². The van der Waals surface area contributed by atoms with Gasteiger partial charge in [0, 0.05) is 28.7 Å². The first-order valence-corrected chi connectivity index (χ1v) is 8.10. The quantitative estimate of drug-likeness (QED) is 0.879. The summed E-state index contributed by atoms with van der Waals surface area (Å²) in [4.78, 5) is 12.3. The molecule has 1 N–H and O–H groups in total. The molecule has 1 aliphatic rings. The highest BCUT2D eigenvalue weighted by molar-refractivity contribution is 5.92. The minimum atomic E-state index is -0.000951. The van der Waals surface area contributed by atoms with Crippen LogP contribution in [0.2, 0.25) is 0 Å². The van der Waals surface area contributed by atoms with E-state index < -0.39 is 0 Å². The van der Waals surface area contributed by atoms with Crippen LogP contribution in [0, 0.1) is 22.7 Å². The molecule has 5 heteroatoms. The third-order valence-corrected chi connectivity index (χ3v) is 4.39. The van der Waals surface area contributed by atoms with Crippen molar-refractivity contribution >= 4 is 22.9 Å². The van der Waals surface area contributed by atoms with E-state index >= 15 is 0 Å². The number of rotatable bonds is 4. The maximum Gasteiger partial charge on any atom is 0.240 e. The molecule has 5 nitrogen and oxygen atoms in total. The van der Waals surface area contributed by atoms with Crippen molar-refractivity contribution < 1.29 is 4.79 Å². The molecule has 120 valence electrons. The van der Waals surface area contributed by atoms with Gasteiger partial charge in [0.1, 0.15) is 24.3 Å². The van der Waals surface area contributed by atoms with Crippen LogP contribution in [0.3, 0.4) is 0 Å². The number of nitriles is 2. The van der Waals surface area contributed by atoms with Gasteiger partial charge in [-0.25, -0.2) is 0 Å². The fraction of sp³-hybridized carbons (Fsp3) is 0.316. The van der Waals surface area contributed by atoms with E-state index in [0.717, 1.165) is 29.3 Å². The molecule has 0 spiro atoms. The Hall–Kier alpha value is -3.05. The van der Waals surface area contributed by atoms with E-state index in [1.54, 1.807) is 6.08 Å². The van der Waals surface area contributed by atoms with Crippen molar-refractivity contribution in [2.45, 2.75) is 38.3 Å². The van der Waals surface area contributed by atoms with Gasteiger partial charge in [-0.1, -0.05) is 31.0 Å². The molecule has 1 saturated carbocycles. The zero-order valence-electron chi connectivity index (χ0n) is 13.3. The van der Waals surface area contributed by atoms with Crippen molar-refractivity contribution in [2.75, 3.05) is 0 Å². The van der Waals surface area contributed by atoms with E-state index in [4.69, 9.17) is 10.5 Å². The molecule has 1 aromatic heterocycles. The van der Waals surface area contributed by atoms with Crippen molar-refractivity contribution in [1.82, 2.24) is 9.88 Å². The van der Waals surface area contributed by atoms with Gasteiger partial charge in [-0.3, -0.25) is 4.79 Å². The van der Waals surface area contributed by atoms with E-state index in [0.29, 0.717) is 6.04 Å². The smallest absolute Gasteiger partial charge is 0.240 e. The van der Waals surface area contributed by atoms with Crippen LogP contribution in [0.15, 0.2) is 36.0 Å². The SMILES string of the molecule is N#CC(C#N)=Cc1cn(CC(=O)NC2CCCC2)c2ccccc12. The summed E-state index contributed by atoms with van der Waals surface area (Å²) in [5, 5.41) is 21.9. The van der Waals surface area contributed by atoms with Crippen LogP contribution < -0.4 is 5.32 Å². The van der Waals surface area contributed by atoms with Crippen molar-refractivity contribution in [3.05, 3.63) is 41.6 Å². The molecule has 0 radical (unpaired) electrons. The second kappa shape index (κ2) is 7.02. The lowest BCUT2D eigenvalue weighted by Gasteiger charge is -2.12. The van der Waals surface area contributed by atoms with Gasteiger partial charge in [0.2, 0.25) is 5.91 Å². The molecule has 0 saturated heterocycles. The minimum absolute atomic E-state index is 0.000951. The molecule has 1 aromatic carbocycles. The first-order chi connectivity index (χ1) is 11.7. The molecule has 1 aliphatic carbocycles. The summed E-state index contributed by atoms with van der Waals surface area (Å²) in [7, 11) is 0. The molecule has 3 rings (SSSR count). The first-order valence-electron chi connectivity index (χ1n) is 8.10. The number of carbonyl (C=O) groups is 1. The van der Waals surface area contributed by atoms with E-state index in [2.05, 4.69) is 5.32 Å². The zero-order valence-corrected chi connectivity index (χ0v) is 13.3. The van der Waals surface area contributed by atoms with Crippen LogP contribution >= 0.6 is 0 Å². The van der Waals surface area contributed by atoms with Crippen LogP contribution in [0.4, 0.5) is 0 Å². The van der Waals surface area contributed by atoms with Crippen LogP contribution in [-0.4, -0.2) is 16.5 Å². The van der Waals surface area contributed by atoms with Crippen LogP contribution in [0.25, 0.3) is 17.0 Å². The third-order valence-electron chi connectivity index (χ3n) is 4.39. The standard InChI is InChI=1S/C19H18N4O/c20-10-14(11-21)9-15-12-23(18-8-4-3-7-17(15)18)13-19(24)22-16-5-1-2-6-16/h3-4,7-9,12,16H,1-2,5-6,13H2,(H,22,24). The highest BCUT2D eigenvalue weighted by Gasteiger charge is 2.18. The molecule has 2 aromatic rings. The Morgan fingerprint density at radius 1 is 1.25 bits per heavy atom. The van der Waals surface area contributed by atoms with Crippen LogP contribution in [0.5, 0.6) is 0 Å². The summed E-state index contributed by atoms with van der Waals surface area (Å²) < 4.78 is 1.87. The Morgan fingerprint density at radius 3 is 2.67 bits per heavy atom. The first kappa shape index (κ1) is 15.8. The summed E-state index contributed by atoms with van der Waals surface area (Å²) in [6, 6.07) is 11.7. The van der Waals surface area contributed by atoms with E-state index in [1.807, 2.05) is 47.2 Å². The number of hydrogen-bond acceptors (Lipinski definition) is 3. The number of para-hydroxylation sites is 1. The summed E-state index contributed by atoms with van der Waals surface area (Å²) in [6.07, 6.45) is 7.86. The van der Waals surface area contributed by atoms with Crippen molar-refractivity contribution in [1.29, 1.82) is 10.5 Å². The Bertz CT molecular complexity index is 857. The van der Waals surface area contributed by atoms with Gasteiger partial charge in [-0.15, -0.1) is 0 Å². The molecule has 0 bridgehead atoms. The van der Waals surface area contributed by atoms with Crippen molar-refractivity contribution in [2.24, 2.45) is 0 Å². The topological polar surface area (TPSA) is 81.6 Å². The van der Waals surface area contributed by atoms with Gasteiger partial charge in [0.05, 0.1) is 0 Å². The lowest BCUT2D eigenvalue weighted by molar-refractivity contribution is -0.122. The van der Waals surface area contributed by atoms with Gasteiger partial charge < -0.3 is 9.88 Å². The zero-order chi connectivity index (χ0) is 16.9. The lowest BCUT2D eigenvalue weighted by atomic mass is 10.1. The summed E-state index contributed by atoms with van der Waals surface area (Å²) in [5.74, 6) is -0.000951. The number of nitrogens with zero attached hydrogens (tertiary/aromatic N) is 3. The number of allylic oxidation sites excluding steroid dienone is 1. The monoisotopic (exact) mass is 318 g/mol. The highest BCUT2D eigenvalue weighted by atomic mass is 16.2. The number of fused-ring (bicyclic) bond motifs is 1. The second-order valence-electron chi connectivity index (χ2n) is 6.06. The average molecular weight is 318 g/mol. The maximum absolute atomic E-state index is 12.3. The Kier molecular flexibility index (Phi) is 4.63. The molecule has 0 aliphatic heterocycles. The predicted molar refractivity (Wildman–Crippen MR) is 91.5 cm³/mol. The fourth-order valence-corrected chi connectivity index (χ4v) is 3.26. The van der Waals surface area contributed by atoms with E-state index in [-0.39, 0.29) is 18.0 Å². The molecule has 1 heterocycles. The van der Waals surface area contributed by atoms with Crippen molar-refractivity contribution in [3.63, 3.8) is 0 Å². The largest absolute Gasteiger partial charge is 0.352 e. The molecule has 1 fully saturated rings. The fourth-order valence-electron chi connectivity index (χ4n) is 3.26. The molecule has 0 atom stereocenters. The average Bonchev–Trinajstić information content (AvgIpc) is 3.21. The normalized spacial score (nSPS) is 14.1. The summed E-state index contributed by atoms with van der Waals surface area (Å²) in [5.41, 5.74) is 1.74. The van der Waals surface area contributed by atoms with Crippen LogP contribution in [0.1, 0.15) is 31.2 Å². The van der Waals surface area contributed by atoms with Gasteiger partial charge >= 0.3 is 0 Å². The number of benzene rings is 1. The Labute approximate surface area is 140 Å². The molecular formula is C19H18N4O. The molecule has 0 unspecified atom stereocenters. The number of nitrogens with one attached hydrogen (secondary N) is 1. The predicted octanol–water partition coefficient (Wildman–Crippen LogP) is 3.13. The van der Waals surface area contributed by atoms with E-state index in [1.165, 1.54) is 12.8 Å². The molecule has 1 amide bonds. The number of aromatic nitrogens is 1. The van der Waals surface area contributed by atoms with Gasteiger partial charge in [0.25, 0.3) is 0 Å². The number of carbonyl (C=O) groups excluding carboxylic acids is 1. The molecule has 24 heavy (non-hydrogen) atoms. The summed E-state index contributed by atoms with van der Waals surface area (Å²) >= 11 is 0. The molecular weight excluding hydrogens is 300 g/mol. The Balaban J connectivity index is 1.88. The maximum atomic E-state index is 12.3. The van der Waals surface area contributed by atoms with Gasteiger partial charge in [0.15, 0.2) is 0 Å². The van der Waals surface area contributed by atoms with E-state index in [9.17, 15) is 4.79 Å². The number of hydrogen-bond donors (Lipinski definition) is 1. The second-order valence-corrected chi connectivity index (χ2v) is 6.06.